The lowest BCUT2D eigenvalue weighted by molar-refractivity contribution is -0.132. The number of carbonyl (C=O) groups excluding carboxylic acids is 2. The third-order valence-electron chi connectivity index (χ3n) is 3.46. The normalized spacial score (nSPS) is 10.9. The van der Waals surface area contributed by atoms with Gasteiger partial charge >= 0.3 is 11.9 Å². The molecule has 0 saturated heterocycles. The smallest absolute Gasteiger partial charge is 0.328 e. The van der Waals surface area contributed by atoms with Gasteiger partial charge in [-0.25, -0.2) is 9.59 Å². The minimum Gasteiger partial charge on any atom is -0.478 e. The maximum absolute atomic E-state index is 11.2. The molecule has 0 atom stereocenters. The summed E-state index contributed by atoms with van der Waals surface area (Å²) in [5.41, 5.74) is 0. The zero-order valence-electron chi connectivity index (χ0n) is 14.9. The van der Waals surface area contributed by atoms with Crippen LogP contribution in [0.3, 0.4) is 0 Å². The van der Waals surface area contributed by atoms with Crippen LogP contribution < -0.4 is 10.6 Å². The third-order valence-corrected chi connectivity index (χ3v) is 3.46. The Morgan fingerprint density at radius 3 is 1.15 bits per heavy atom. The molecule has 8 heteroatoms. The summed E-state index contributed by atoms with van der Waals surface area (Å²) in [6.07, 6.45) is 11.8. The molecule has 146 valence electrons. The van der Waals surface area contributed by atoms with Crippen LogP contribution in [0.15, 0.2) is 24.3 Å². The summed E-state index contributed by atoms with van der Waals surface area (Å²) in [7, 11) is 0. The van der Waals surface area contributed by atoms with Crippen LogP contribution in [0.2, 0.25) is 0 Å². The fourth-order valence-corrected chi connectivity index (χ4v) is 2.15. The minimum atomic E-state index is -1.14. The summed E-state index contributed by atoms with van der Waals surface area (Å²) >= 11 is 0. The van der Waals surface area contributed by atoms with Crippen LogP contribution in [0, 0.1) is 0 Å². The average Bonchev–Trinajstić information content (AvgIpc) is 2.59. The van der Waals surface area contributed by atoms with Gasteiger partial charge in [-0.1, -0.05) is 38.5 Å². The average molecular weight is 368 g/mol. The fourth-order valence-electron chi connectivity index (χ4n) is 2.15. The van der Waals surface area contributed by atoms with Crippen LogP contribution in [-0.4, -0.2) is 47.1 Å². The second-order valence-electron chi connectivity index (χ2n) is 5.75. The molecule has 0 aromatic carbocycles. The number of hydrogen-bond donors (Lipinski definition) is 4. The molecule has 8 nitrogen and oxygen atoms in total. The second kappa shape index (κ2) is 15.9. The molecule has 0 saturated carbocycles. The number of carboxylic acids is 2. The number of carboxylic acid groups (broad SMARTS) is 2. The minimum absolute atomic E-state index is 0.391. The molecule has 0 aliphatic heterocycles. The molecule has 0 aliphatic carbocycles. The standard InChI is InChI=1S/C18H28N2O6/c21-15(9-11-17(23)24)19-13-7-5-3-1-2-4-6-8-14-20-16(22)10-12-18(25)26/h9-12H,1-8,13-14H2,(H,19,21)(H,20,22)(H,23,24)(H,25,26)/b11-9+,12-10+. The molecule has 0 aromatic rings. The molecule has 0 unspecified atom stereocenters. The first-order valence-electron chi connectivity index (χ1n) is 8.79. The highest BCUT2D eigenvalue weighted by Crippen LogP contribution is 2.08. The summed E-state index contributed by atoms with van der Waals surface area (Å²) < 4.78 is 0. The van der Waals surface area contributed by atoms with E-state index in [1.165, 1.54) is 0 Å². The van der Waals surface area contributed by atoms with Gasteiger partial charge in [0.2, 0.25) is 11.8 Å². The zero-order valence-corrected chi connectivity index (χ0v) is 14.9. The van der Waals surface area contributed by atoms with Crippen LogP contribution in [-0.2, 0) is 19.2 Å². The van der Waals surface area contributed by atoms with Crippen LogP contribution in [0.5, 0.6) is 0 Å². The molecule has 4 N–H and O–H groups in total. The van der Waals surface area contributed by atoms with Crippen molar-refractivity contribution in [2.45, 2.75) is 51.4 Å². The summed E-state index contributed by atoms with van der Waals surface area (Å²) in [5, 5.41) is 22.0. The van der Waals surface area contributed by atoms with Gasteiger partial charge in [-0.2, -0.15) is 0 Å². The van der Waals surface area contributed by atoms with Gasteiger partial charge in [-0.3, -0.25) is 9.59 Å². The van der Waals surface area contributed by atoms with Crippen molar-refractivity contribution < 1.29 is 29.4 Å². The van der Waals surface area contributed by atoms with E-state index in [1.807, 2.05) is 0 Å². The van der Waals surface area contributed by atoms with Crippen molar-refractivity contribution in [1.29, 1.82) is 0 Å². The van der Waals surface area contributed by atoms with E-state index in [-0.39, 0.29) is 0 Å². The number of aliphatic carboxylic acids is 2. The molecule has 0 rings (SSSR count). The summed E-state index contributed by atoms with van der Waals surface area (Å²) in [6.45, 7) is 1.08. The number of hydrogen-bond acceptors (Lipinski definition) is 4. The van der Waals surface area contributed by atoms with E-state index in [0.717, 1.165) is 75.7 Å². The topological polar surface area (TPSA) is 133 Å². The maximum Gasteiger partial charge on any atom is 0.328 e. The lowest BCUT2D eigenvalue weighted by Gasteiger charge is -2.04. The predicted octanol–water partition coefficient (Wildman–Crippen LogP) is 1.62. The van der Waals surface area contributed by atoms with Gasteiger partial charge in [0.25, 0.3) is 0 Å². The van der Waals surface area contributed by atoms with Gasteiger partial charge in [0, 0.05) is 37.4 Å². The van der Waals surface area contributed by atoms with E-state index in [4.69, 9.17) is 10.2 Å². The molecule has 0 aromatic heterocycles. The summed E-state index contributed by atoms with van der Waals surface area (Å²) in [6, 6.07) is 0. The van der Waals surface area contributed by atoms with Crippen molar-refractivity contribution in [3.05, 3.63) is 24.3 Å². The van der Waals surface area contributed by atoms with Crippen LogP contribution in [0.4, 0.5) is 0 Å². The fraction of sp³-hybridized carbons (Fsp3) is 0.556. The Morgan fingerprint density at radius 2 is 0.846 bits per heavy atom. The van der Waals surface area contributed by atoms with Crippen LogP contribution >= 0.6 is 0 Å². The van der Waals surface area contributed by atoms with E-state index in [9.17, 15) is 19.2 Å². The van der Waals surface area contributed by atoms with E-state index < -0.39 is 23.8 Å². The van der Waals surface area contributed by atoms with E-state index in [2.05, 4.69) is 10.6 Å². The van der Waals surface area contributed by atoms with Gasteiger partial charge in [0.05, 0.1) is 0 Å². The van der Waals surface area contributed by atoms with Crippen LogP contribution in [0.1, 0.15) is 51.4 Å². The number of carbonyl (C=O) groups is 4. The van der Waals surface area contributed by atoms with Crippen molar-refractivity contribution in [2.75, 3.05) is 13.1 Å². The first kappa shape index (κ1) is 23.4. The first-order chi connectivity index (χ1) is 12.4. The summed E-state index contributed by atoms with van der Waals surface area (Å²) in [4.78, 5) is 42.9. The Bertz CT molecular complexity index is 468. The number of unbranched alkanes of at least 4 members (excludes halogenated alkanes) is 7. The van der Waals surface area contributed by atoms with Gasteiger partial charge in [-0.15, -0.1) is 0 Å². The third kappa shape index (κ3) is 17.7. The number of amides is 2. The Labute approximate surface area is 153 Å². The largest absolute Gasteiger partial charge is 0.478 e. The molecule has 2 amide bonds. The van der Waals surface area contributed by atoms with Crippen molar-refractivity contribution in [1.82, 2.24) is 10.6 Å². The monoisotopic (exact) mass is 368 g/mol. The number of nitrogens with one attached hydrogen (secondary N) is 2. The van der Waals surface area contributed by atoms with Crippen molar-refractivity contribution in [3.63, 3.8) is 0 Å². The molecule has 26 heavy (non-hydrogen) atoms. The molecular formula is C18H28N2O6. The quantitative estimate of drug-likeness (QED) is 0.256. The number of rotatable bonds is 15. The van der Waals surface area contributed by atoms with Gasteiger partial charge in [-0.05, 0) is 12.8 Å². The van der Waals surface area contributed by atoms with Gasteiger partial charge in [0.1, 0.15) is 0 Å². The molecule has 0 fully saturated rings. The van der Waals surface area contributed by atoms with E-state index >= 15 is 0 Å². The Hall–Kier alpha value is -2.64. The second-order valence-corrected chi connectivity index (χ2v) is 5.75. The molecule has 0 spiro atoms. The maximum atomic E-state index is 11.2. The first-order valence-corrected chi connectivity index (χ1v) is 8.79. The van der Waals surface area contributed by atoms with Crippen molar-refractivity contribution >= 4 is 23.8 Å². The summed E-state index contributed by atoms with van der Waals surface area (Å²) in [5.74, 6) is -3.06. The lowest BCUT2D eigenvalue weighted by Crippen LogP contribution is -2.22. The molecule has 0 heterocycles. The SMILES string of the molecule is O=C(O)/C=C/C(=O)NCCCCCCCCCCNC(=O)/C=C/C(=O)O. The van der Waals surface area contributed by atoms with Gasteiger partial charge < -0.3 is 20.8 Å². The Kier molecular flexibility index (Phi) is 14.3. The highest BCUT2D eigenvalue weighted by atomic mass is 16.4. The highest BCUT2D eigenvalue weighted by Gasteiger charge is 1.98. The molecule has 0 radical (unpaired) electrons. The Morgan fingerprint density at radius 1 is 0.538 bits per heavy atom. The zero-order chi connectivity index (χ0) is 19.6. The lowest BCUT2D eigenvalue weighted by atomic mass is 10.1. The van der Waals surface area contributed by atoms with E-state index in [1.54, 1.807) is 0 Å². The Balaban J connectivity index is 3.34. The van der Waals surface area contributed by atoms with E-state index in [0.29, 0.717) is 13.1 Å². The molecular weight excluding hydrogens is 340 g/mol. The molecule has 0 bridgehead atoms. The van der Waals surface area contributed by atoms with Gasteiger partial charge in [0.15, 0.2) is 0 Å². The van der Waals surface area contributed by atoms with Crippen LogP contribution in [0.25, 0.3) is 0 Å². The molecule has 0 aliphatic rings. The van der Waals surface area contributed by atoms with Crippen molar-refractivity contribution in [3.8, 4) is 0 Å². The van der Waals surface area contributed by atoms with Crippen molar-refractivity contribution in [2.24, 2.45) is 0 Å². The highest BCUT2D eigenvalue weighted by molar-refractivity contribution is 5.94. The predicted molar refractivity (Wildman–Crippen MR) is 96.5 cm³/mol.